The first-order valence-corrected chi connectivity index (χ1v) is 11.0. The van der Waals surface area contributed by atoms with Gasteiger partial charge >= 0.3 is 0 Å². The molecule has 1 heterocycles. The number of nitrogens with one attached hydrogen (secondary N) is 1. The molecule has 29 heavy (non-hydrogen) atoms. The molecule has 0 bridgehead atoms. The predicted molar refractivity (Wildman–Crippen MR) is 108 cm³/mol. The summed E-state index contributed by atoms with van der Waals surface area (Å²) in [5.74, 6) is -1.14. The SMILES string of the molecule is CC(=O)N1c2ccc(S(=O)(=O)CCC(=O)NCc3ccc(F)cc3)cc2C[C@H]1C. The van der Waals surface area contributed by atoms with E-state index in [2.05, 4.69) is 5.32 Å². The number of sulfone groups is 1. The van der Waals surface area contributed by atoms with Gasteiger partial charge in [-0.15, -0.1) is 0 Å². The molecule has 2 aromatic rings. The van der Waals surface area contributed by atoms with Gasteiger partial charge in [-0.05, 0) is 54.8 Å². The van der Waals surface area contributed by atoms with E-state index >= 15 is 0 Å². The normalized spacial score (nSPS) is 15.8. The molecule has 0 saturated carbocycles. The van der Waals surface area contributed by atoms with Crippen molar-refractivity contribution >= 4 is 27.3 Å². The van der Waals surface area contributed by atoms with Crippen molar-refractivity contribution in [1.29, 1.82) is 0 Å². The molecule has 2 aromatic carbocycles. The van der Waals surface area contributed by atoms with Gasteiger partial charge in [-0.25, -0.2) is 12.8 Å². The van der Waals surface area contributed by atoms with Crippen LogP contribution < -0.4 is 10.2 Å². The minimum atomic E-state index is -3.63. The van der Waals surface area contributed by atoms with Crippen molar-refractivity contribution in [1.82, 2.24) is 5.32 Å². The third kappa shape index (κ3) is 4.82. The van der Waals surface area contributed by atoms with Crippen molar-refractivity contribution in [2.24, 2.45) is 0 Å². The van der Waals surface area contributed by atoms with Gasteiger partial charge in [0.05, 0.1) is 10.6 Å². The number of hydrogen-bond acceptors (Lipinski definition) is 4. The summed E-state index contributed by atoms with van der Waals surface area (Å²) in [6, 6.07) is 10.4. The first-order valence-electron chi connectivity index (χ1n) is 9.34. The standard InChI is InChI=1S/C21H23FN2O4S/c1-14-11-17-12-19(7-8-20(17)24(14)15(2)25)29(27,28)10-9-21(26)23-13-16-3-5-18(22)6-4-16/h3-8,12,14H,9-11,13H2,1-2H3,(H,23,26)/t14-/m1/s1. The third-order valence-corrected chi connectivity index (χ3v) is 6.68. The van der Waals surface area contributed by atoms with Crippen molar-refractivity contribution in [3.63, 3.8) is 0 Å². The van der Waals surface area contributed by atoms with Crippen LogP contribution in [0.5, 0.6) is 0 Å². The van der Waals surface area contributed by atoms with Crippen LogP contribution >= 0.6 is 0 Å². The Bertz CT molecular complexity index is 1040. The second kappa shape index (κ2) is 8.32. The number of carbonyl (C=O) groups excluding carboxylic acids is 2. The maximum atomic E-state index is 12.9. The Labute approximate surface area is 169 Å². The number of hydrogen-bond donors (Lipinski definition) is 1. The summed E-state index contributed by atoms with van der Waals surface area (Å²) >= 11 is 0. The quantitative estimate of drug-likeness (QED) is 0.782. The zero-order valence-electron chi connectivity index (χ0n) is 16.3. The number of anilines is 1. The summed E-state index contributed by atoms with van der Waals surface area (Å²) < 4.78 is 38.2. The summed E-state index contributed by atoms with van der Waals surface area (Å²) in [4.78, 5) is 25.6. The second-order valence-corrected chi connectivity index (χ2v) is 9.31. The summed E-state index contributed by atoms with van der Waals surface area (Å²) in [5.41, 5.74) is 2.28. The molecule has 1 N–H and O–H groups in total. The van der Waals surface area contributed by atoms with Crippen LogP contribution in [0.4, 0.5) is 10.1 Å². The van der Waals surface area contributed by atoms with Gasteiger partial charge in [-0.1, -0.05) is 12.1 Å². The third-order valence-electron chi connectivity index (χ3n) is 4.97. The molecule has 0 unspecified atom stereocenters. The molecule has 0 spiro atoms. The van der Waals surface area contributed by atoms with Crippen molar-refractivity contribution in [3.8, 4) is 0 Å². The highest BCUT2D eigenvalue weighted by atomic mass is 32.2. The molecule has 0 aromatic heterocycles. The molecule has 1 atom stereocenters. The lowest BCUT2D eigenvalue weighted by molar-refractivity contribution is -0.121. The molecule has 0 saturated heterocycles. The van der Waals surface area contributed by atoms with Crippen molar-refractivity contribution in [3.05, 3.63) is 59.4 Å². The predicted octanol–water partition coefficient (Wildman–Crippen LogP) is 2.60. The van der Waals surface area contributed by atoms with Gasteiger partial charge in [0.2, 0.25) is 11.8 Å². The fourth-order valence-corrected chi connectivity index (χ4v) is 4.80. The van der Waals surface area contributed by atoms with Gasteiger partial charge in [-0.2, -0.15) is 0 Å². The van der Waals surface area contributed by atoms with Crippen molar-refractivity contribution < 1.29 is 22.4 Å². The highest BCUT2D eigenvalue weighted by molar-refractivity contribution is 7.91. The number of amides is 2. The second-order valence-electron chi connectivity index (χ2n) is 7.20. The van der Waals surface area contributed by atoms with E-state index in [9.17, 15) is 22.4 Å². The fourth-order valence-electron chi connectivity index (χ4n) is 3.52. The number of halogens is 1. The van der Waals surface area contributed by atoms with Crippen LogP contribution in [0.2, 0.25) is 0 Å². The average Bonchev–Trinajstić information content (AvgIpc) is 3.01. The summed E-state index contributed by atoms with van der Waals surface area (Å²) in [5, 5.41) is 2.64. The largest absolute Gasteiger partial charge is 0.352 e. The van der Waals surface area contributed by atoms with Gasteiger partial charge in [0.25, 0.3) is 0 Å². The summed E-state index contributed by atoms with van der Waals surface area (Å²) in [6.45, 7) is 3.61. The molecule has 154 valence electrons. The maximum Gasteiger partial charge on any atom is 0.224 e. The summed E-state index contributed by atoms with van der Waals surface area (Å²) in [6.07, 6.45) is 0.424. The number of nitrogens with zero attached hydrogens (tertiary/aromatic N) is 1. The maximum absolute atomic E-state index is 12.9. The molecule has 1 aliphatic heterocycles. The minimum Gasteiger partial charge on any atom is -0.352 e. The molecule has 6 nitrogen and oxygen atoms in total. The van der Waals surface area contributed by atoms with E-state index in [4.69, 9.17) is 0 Å². The van der Waals surface area contributed by atoms with E-state index in [0.717, 1.165) is 16.8 Å². The molecular weight excluding hydrogens is 395 g/mol. The smallest absolute Gasteiger partial charge is 0.224 e. The van der Waals surface area contributed by atoms with Crippen LogP contribution in [0.3, 0.4) is 0 Å². The molecule has 2 amide bonds. The molecule has 1 aliphatic rings. The fraction of sp³-hybridized carbons (Fsp3) is 0.333. The van der Waals surface area contributed by atoms with Crippen LogP contribution in [0.25, 0.3) is 0 Å². The molecule has 0 radical (unpaired) electrons. The highest BCUT2D eigenvalue weighted by Gasteiger charge is 2.30. The molecule has 0 aliphatic carbocycles. The molecular formula is C21H23FN2O4S. The zero-order chi connectivity index (χ0) is 21.2. The first kappa shape index (κ1) is 21.0. The van der Waals surface area contributed by atoms with Crippen molar-refractivity contribution in [2.75, 3.05) is 10.7 Å². The molecule has 3 rings (SSSR count). The Morgan fingerprint density at radius 1 is 1.17 bits per heavy atom. The highest BCUT2D eigenvalue weighted by Crippen LogP contribution is 2.34. The lowest BCUT2D eigenvalue weighted by Gasteiger charge is -2.20. The van der Waals surface area contributed by atoms with Crippen LogP contribution in [0, 0.1) is 5.82 Å². The van der Waals surface area contributed by atoms with Crippen LogP contribution in [-0.2, 0) is 32.4 Å². The van der Waals surface area contributed by atoms with E-state index in [0.29, 0.717) is 6.42 Å². The Kier molecular flexibility index (Phi) is 6.02. The molecule has 0 fully saturated rings. The van der Waals surface area contributed by atoms with E-state index in [1.165, 1.54) is 25.1 Å². The topological polar surface area (TPSA) is 83.6 Å². The zero-order valence-corrected chi connectivity index (χ0v) is 17.1. The van der Waals surface area contributed by atoms with E-state index in [1.54, 1.807) is 29.2 Å². The Hall–Kier alpha value is -2.74. The van der Waals surface area contributed by atoms with Gasteiger partial charge in [-0.3, -0.25) is 9.59 Å². The lowest BCUT2D eigenvalue weighted by Crippen LogP contribution is -2.33. The van der Waals surface area contributed by atoms with Gasteiger partial charge in [0.1, 0.15) is 5.82 Å². The van der Waals surface area contributed by atoms with Gasteiger partial charge in [0, 0.05) is 31.6 Å². The van der Waals surface area contributed by atoms with Crippen LogP contribution in [0.1, 0.15) is 31.4 Å². The monoisotopic (exact) mass is 418 g/mol. The Morgan fingerprint density at radius 3 is 2.52 bits per heavy atom. The minimum absolute atomic E-state index is 0.0160. The van der Waals surface area contributed by atoms with E-state index in [-0.39, 0.29) is 41.4 Å². The van der Waals surface area contributed by atoms with E-state index in [1.807, 2.05) is 6.92 Å². The number of benzene rings is 2. The number of carbonyl (C=O) groups is 2. The van der Waals surface area contributed by atoms with Gasteiger partial charge < -0.3 is 10.2 Å². The first-order chi connectivity index (χ1) is 13.7. The van der Waals surface area contributed by atoms with Gasteiger partial charge in [0.15, 0.2) is 9.84 Å². The van der Waals surface area contributed by atoms with Crippen LogP contribution in [0.15, 0.2) is 47.4 Å². The lowest BCUT2D eigenvalue weighted by atomic mass is 10.1. The average molecular weight is 418 g/mol. The summed E-state index contributed by atoms with van der Waals surface area (Å²) in [7, 11) is -3.63. The Balaban J connectivity index is 1.61. The van der Waals surface area contributed by atoms with E-state index < -0.39 is 15.7 Å². The number of fused-ring (bicyclic) bond motifs is 1. The number of rotatable bonds is 6. The molecule has 8 heteroatoms. The van der Waals surface area contributed by atoms with Crippen molar-refractivity contribution in [2.45, 2.75) is 44.2 Å². The Morgan fingerprint density at radius 2 is 1.86 bits per heavy atom. The van der Waals surface area contributed by atoms with Crippen LogP contribution in [-0.4, -0.2) is 32.0 Å².